The van der Waals surface area contributed by atoms with Crippen LogP contribution in [0.5, 0.6) is 0 Å². The summed E-state index contributed by atoms with van der Waals surface area (Å²) in [5.41, 5.74) is 0.727. The third-order valence-electron chi connectivity index (χ3n) is 4.30. The minimum absolute atomic E-state index is 0.0769. The van der Waals surface area contributed by atoms with Crippen LogP contribution in [0.25, 0.3) is 0 Å². The molecule has 0 unspecified atom stereocenters. The Balaban J connectivity index is 1.57. The second-order valence-corrected chi connectivity index (χ2v) is 5.95. The average Bonchev–Trinajstić information content (AvgIpc) is 2.59. The number of rotatable bonds is 4. The molecular formula is C17H17F2N3O2. The van der Waals surface area contributed by atoms with Gasteiger partial charge in [-0.2, -0.15) is 0 Å². The molecule has 1 N–H and O–H groups in total. The number of benzene rings is 1. The molecule has 1 aromatic heterocycles. The maximum atomic E-state index is 13.3. The molecule has 0 spiro atoms. The lowest BCUT2D eigenvalue weighted by atomic mass is 9.90. The third kappa shape index (κ3) is 3.67. The summed E-state index contributed by atoms with van der Waals surface area (Å²) < 4.78 is 26.2. The van der Waals surface area contributed by atoms with Crippen molar-refractivity contribution >= 4 is 11.8 Å². The van der Waals surface area contributed by atoms with E-state index in [4.69, 9.17) is 5.11 Å². The van der Waals surface area contributed by atoms with E-state index in [-0.39, 0.29) is 5.69 Å². The number of piperidine rings is 1. The van der Waals surface area contributed by atoms with Gasteiger partial charge < -0.3 is 10.0 Å². The van der Waals surface area contributed by atoms with Crippen molar-refractivity contribution < 1.29 is 18.7 Å². The van der Waals surface area contributed by atoms with Crippen molar-refractivity contribution in [3.05, 3.63) is 53.5 Å². The van der Waals surface area contributed by atoms with Crippen LogP contribution in [-0.4, -0.2) is 34.1 Å². The summed E-state index contributed by atoms with van der Waals surface area (Å²) in [6, 6.07) is 4.05. The molecule has 1 saturated heterocycles. The molecule has 0 atom stereocenters. The van der Waals surface area contributed by atoms with E-state index < -0.39 is 17.6 Å². The van der Waals surface area contributed by atoms with Gasteiger partial charge in [-0.25, -0.2) is 23.5 Å². The smallest absolute Gasteiger partial charge is 0.356 e. The van der Waals surface area contributed by atoms with Gasteiger partial charge in [0.15, 0.2) is 17.3 Å². The predicted molar refractivity (Wildman–Crippen MR) is 84.0 cm³/mol. The predicted octanol–water partition coefficient (Wildman–Crippen LogP) is 2.91. The Morgan fingerprint density at radius 2 is 1.92 bits per heavy atom. The Hall–Kier alpha value is -2.57. The molecule has 1 aliphatic rings. The van der Waals surface area contributed by atoms with Crippen LogP contribution in [0, 0.1) is 17.6 Å². The van der Waals surface area contributed by atoms with Gasteiger partial charge in [0.25, 0.3) is 0 Å². The van der Waals surface area contributed by atoms with E-state index in [2.05, 4.69) is 14.9 Å². The largest absolute Gasteiger partial charge is 0.476 e. The SMILES string of the molecule is O=C(O)c1cnc(N2CCC(Cc3ccc(F)c(F)c3)CC2)cn1. The lowest BCUT2D eigenvalue weighted by molar-refractivity contribution is 0.0690. The van der Waals surface area contributed by atoms with Crippen LogP contribution in [0.2, 0.25) is 0 Å². The van der Waals surface area contributed by atoms with Crippen molar-refractivity contribution in [2.45, 2.75) is 19.3 Å². The fourth-order valence-corrected chi connectivity index (χ4v) is 2.96. The van der Waals surface area contributed by atoms with Crippen molar-refractivity contribution in [2.75, 3.05) is 18.0 Å². The minimum Gasteiger partial charge on any atom is -0.476 e. The molecule has 1 aliphatic heterocycles. The summed E-state index contributed by atoms with van der Waals surface area (Å²) in [7, 11) is 0. The third-order valence-corrected chi connectivity index (χ3v) is 4.30. The van der Waals surface area contributed by atoms with E-state index in [0.717, 1.165) is 31.5 Å². The summed E-state index contributed by atoms with van der Waals surface area (Å²) in [6.07, 6.45) is 5.25. The summed E-state index contributed by atoms with van der Waals surface area (Å²) in [5, 5.41) is 8.83. The number of hydrogen-bond acceptors (Lipinski definition) is 4. The zero-order valence-electron chi connectivity index (χ0n) is 13.0. The topological polar surface area (TPSA) is 66.3 Å². The fourth-order valence-electron chi connectivity index (χ4n) is 2.96. The molecule has 1 aromatic carbocycles. The molecule has 0 saturated carbocycles. The van der Waals surface area contributed by atoms with E-state index in [1.807, 2.05) is 0 Å². The Morgan fingerprint density at radius 3 is 2.50 bits per heavy atom. The number of aromatic carboxylic acids is 1. The van der Waals surface area contributed by atoms with Gasteiger partial charge in [-0.3, -0.25) is 0 Å². The molecule has 0 aliphatic carbocycles. The summed E-state index contributed by atoms with van der Waals surface area (Å²) >= 11 is 0. The molecule has 0 bridgehead atoms. The van der Waals surface area contributed by atoms with E-state index in [1.54, 1.807) is 6.07 Å². The highest BCUT2D eigenvalue weighted by Gasteiger charge is 2.21. The molecule has 7 heteroatoms. The van der Waals surface area contributed by atoms with Gasteiger partial charge in [-0.1, -0.05) is 6.07 Å². The Morgan fingerprint density at radius 1 is 1.17 bits per heavy atom. The molecule has 0 radical (unpaired) electrons. The van der Waals surface area contributed by atoms with E-state index in [0.29, 0.717) is 18.2 Å². The molecule has 1 fully saturated rings. The zero-order valence-corrected chi connectivity index (χ0v) is 13.0. The highest BCUT2D eigenvalue weighted by atomic mass is 19.2. The molecule has 2 aromatic rings. The normalized spacial score (nSPS) is 15.5. The maximum Gasteiger partial charge on any atom is 0.356 e. The van der Waals surface area contributed by atoms with Crippen LogP contribution in [0.4, 0.5) is 14.6 Å². The second-order valence-electron chi connectivity index (χ2n) is 5.95. The van der Waals surface area contributed by atoms with Crippen molar-refractivity contribution in [1.82, 2.24) is 9.97 Å². The summed E-state index contributed by atoms with van der Waals surface area (Å²) in [4.78, 5) is 20.9. The fraction of sp³-hybridized carbons (Fsp3) is 0.353. The van der Waals surface area contributed by atoms with Gasteiger partial charge in [0.05, 0.1) is 12.4 Å². The van der Waals surface area contributed by atoms with Crippen molar-refractivity contribution in [3.8, 4) is 0 Å². The lowest BCUT2D eigenvalue weighted by Gasteiger charge is -2.32. The summed E-state index contributed by atoms with van der Waals surface area (Å²) in [5.74, 6) is -1.67. The van der Waals surface area contributed by atoms with Gasteiger partial charge in [0, 0.05) is 13.1 Å². The second kappa shape index (κ2) is 6.90. The first-order chi connectivity index (χ1) is 11.5. The van der Waals surface area contributed by atoms with Crippen LogP contribution in [0.3, 0.4) is 0 Å². The van der Waals surface area contributed by atoms with E-state index >= 15 is 0 Å². The average molecular weight is 333 g/mol. The monoisotopic (exact) mass is 333 g/mol. The van der Waals surface area contributed by atoms with Gasteiger partial charge >= 0.3 is 5.97 Å². The van der Waals surface area contributed by atoms with Crippen molar-refractivity contribution in [1.29, 1.82) is 0 Å². The quantitative estimate of drug-likeness (QED) is 0.932. The van der Waals surface area contributed by atoms with E-state index in [9.17, 15) is 13.6 Å². The highest BCUT2D eigenvalue weighted by molar-refractivity contribution is 5.84. The Bertz CT molecular complexity index is 729. The van der Waals surface area contributed by atoms with Gasteiger partial charge in [0.1, 0.15) is 5.82 Å². The lowest BCUT2D eigenvalue weighted by Crippen LogP contribution is -2.35. The number of carboxylic acids is 1. The number of anilines is 1. The van der Waals surface area contributed by atoms with Gasteiger partial charge in [-0.05, 0) is 42.9 Å². The first-order valence-electron chi connectivity index (χ1n) is 7.77. The minimum atomic E-state index is -1.10. The van der Waals surface area contributed by atoms with Crippen LogP contribution in [-0.2, 0) is 6.42 Å². The molecule has 2 heterocycles. The van der Waals surface area contributed by atoms with Crippen molar-refractivity contribution in [3.63, 3.8) is 0 Å². The number of carbonyl (C=O) groups is 1. The summed E-state index contributed by atoms with van der Waals surface area (Å²) in [6.45, 7) is 1.55. The Labute approximate surface area is 138 Å². The number of hydrogen-bond donors (Lipinski definition) is 1. The number of nitrogens with zero attached hydrogens (tertiary/aromatic N) is 3. The molecular weight excluding hydrogens is 316 g/mol. The maximum absolute atomic E-state index is 13.3. The molecule has 126 valence electrons. The van der Waals surface area contributed by atoms with Crippen LogP contribution >= 0.6 is 0 Å². The first-order valence-corrected chi connectivity index (χ1v) is 7.77. The Kier molecular flexibility index (Phi) is 4.69. The molecule has 5 nitrogen and oxygen atoms in total. The highest BCUT2D eigenvalue weighted by Crippen LogP contribution is 2.25. The molecule has 24 heavy (non-hydrogen) atoms. The van der Waals surface area contributed by atoms with Gasteiger partial charge in [0.2, 0.25) is 0 Å². The number of carboxylic acid groups (broad SMARTS) is 1. The zero-order chi connectivity index (χ0) is 17.1. The van der Waals surface area contributed by atoms with E-state index in [1.165, 1.54) is 24.5 Å². The van der Waals surface area contributed by atoms with Crippen LogP contribution < -0.4 is 4.90 Å². The molecule has 3 rings (SSSR count). The van der Waals surface area contributed by atoms with Crippen LogP contribution in [0.15, 0.2) is 30.6 Å². The van der Waals surface area contributed by atoms with Gasteiger partial charge in [-0.15, -0.1) is 0 Å². The first kappa shape index (κ1) is 16.3. The number of aromatic nitrogens is 2. The van der Waals surface area contributed by atoms with Crippen LogP contribution in [0.1, 0.15) is 28.9 Å². The van der Waals surface area contributed by atoms with Crippen molar-refractivity contribution in [2.24, 2.45) is 5.92 Å². The molecule has 0 amide bonds. The standard InChI is InChI=1S/C17H17F2N3O2/c18-13-2-1-12(8-14(13)19)7-11-3-5-22(6-4-11)16-10-20-15(9-21-16)17(23)24/h1-2,8-11H,3-7H2,(H,23,24). The number of halogens is 2.